The third kappa shape index (κ3) is 4.29. The van der Waals surface area contributed by atoms with E-state index in [9.17, 15) is 0 Å². The first-order valence-electron chi connectivity index (χ1n) is 8.16. The third-order valence-corrected chi connectivity index (χ3v) is 4.78. The Kier molecular flexibility index (Phi) is 6.22. The summed E-state index contributed by atoms with van der Waals surface area (Å²) in [5.74, 6) is 0. The fourth-order valence-corrected chi connectivity index (χ4v) is 3.23. The lowest BCUT2D eigenvalue weighted by molar-refractivity contribution is -0.0932. The quantitative estimate of drug-likeness (QED) is 0.831. The van der Waals surface area contributed by atoms with E-state index in [0.29, 0.717) is 12.6 Å². The molecule has 1 aromatic rings. The molecule has 1 aliphatic heterocycles. The molecule has 0 aromatic heterocycles. The Balaban J connectivity index is 1.94. The SMILES string of the molecule is CCC1(CC)CC(NCc2ccccc2COC)CCO1. The Bertz CT molecular complexity index is 429. The van der Waals surface area contributed by atoms with E-state index in [2.05, 4.69) is 43.4 Å². The molecular weight excluding hydrogens is 262 g/mol. The van der Waals surface area contributed by atoms with Crippen molar-refractivity contribution in [1.82, 2.24) is 5.32 Å². The van der Waals surface area contributed by atoms with Gasteiger partial charge in [-0.15, -0.1) is 0 Å². The fourth-order valence-electron chi connectivity index (χ4n) is 3.23. The van der Waals surface area contributed by atoms with Gasteiger partial charge in [0, 0.05) is 26.3 Å². The summed E-state index contributed by atoms with van der Waals surface area (Å²) in [6.07, 6.45) is 4.42. The highest BCUT2D eigenvalue weighted by molar-refractivity contribution is 5.26. The van der Waals surface area contributed by atoms with E-state index < -0.39 is 0 Å². The van der Waals surface area contributed by atoms with Crippen molar-refractivity contribution in [1.29, 1.82) is 0 Å². The minimum atomic E-state index is 0.0853. The van der Waals surface area contributed by atoms with Gasteiger partial charge < -0.3 is 14.8 Å². The second kappa shape index (κ2) is 7.92. The summed E-state index contributed by atoms with van der Waals surface area (Å²) in [6.45, 7) is 6.94. The highest BCUT2D eigenvalue weighted by Crippen LogP contribution is 2.31. The van der Waals surface area contributed by atoms with Crippen LogP contribution in [0.5, 0.6) is 0 Å². The molecule has 0 aliphatic carbocycles. The Labute approximate surface area is 129 Å². The van der Waals surface area contributed by atoms with Gasteiger partial charge in [0.1, 0.15) is 0 Å². The second-order valence-electron chi connectivity index (χ2n) is 6.01. The number of benzene rings is 1. The van der Waals surface area contributed by atoms with E-state index >= 15 is 0 Å². The van der Waals surface area contributed by atoms with Crippen molar-refractivity contribution in [2.75, 3.05) is 13.7 Å². The molecule has 1 fully saturated rings. The molecule has 3 heteroatoms. The number of hydrogen-bond acceptors (Lipinski definition) is 3. The summed E-state index contributed by atoms with van der Waals surface area (Å²) >= 11 is 0. The smallest absolute Gasteiger partial charge is 0.0716 e. The van der Waals surface area contributed by atoms with Crippen LogP contribution in [0.15, 0.2) is 24.3 Å². The molecule has 21 heavy (non-hydrogen) atoms. The van der Waals surface area contributed by atoms with Gasteiger partial charge in [-0.2, -0.15) is 0 Å². The van der Waals surface area contributed by atoms with Gasteiger partial charge >= 0.3 is 0 Å². The molecule has 2 rings (SSSR count). The zero-order valence-corrected chi connectivity index (χ0v) is 13.7. The number of ether oxygens (including phenoxy) is 2. The molecule has 1 unspecified atom stereocenters. The number of nitrogens with one attached hydrogen (secondary N) is 1. The minimum Gasteiger partial charge on any atom is -0.380 e. The van der Waals surface area contributed by atoms with Crippen LogP contribution in [0, 0.1) is 0 Å². The summed E-state index contributed by atoms with van der Waals surface area (Å²) in [4.78, 5) is 0. The molecule has 118 valence electrons. The molecular formula is C18H29NO2. The molecule has 0 spiro atoms. The molecule has 1 N–H and O–H groups in total. The van der Waals surface area contributed by atoms with Gasteiger partial charge in [0.15, 0.2) is 0 Å². The maximum atomic E-state index is 6.05. The summed E-state index contributed by atoms with van der Waals surface area (Å²) in [5, 5.41) is 3.72. The second-order valence-corrected chi connectivity index (χ2v) is 6.01. The zero-order valence-electron chi connectivity index (χ0n) is 13.7. The summed E-state index contributed by atoms with van der Waals surface area (Å²) in [5.41, 5.74) is 2.70. The highest BCUT2D eigenvalue weighted by Gasteiger charge is 2.34. The number of hydrogen-bond donors (Lipinski definition) is 1. The number of methoxy groups -OCH3 is 1. The Morgan fingerprint density at radius 2 is 1.95 bits per heavy atom. The Hall–Kier alpha value is -0.900. The first-order valence-corrected chi connectivity index (χ1v) is 8.16. The molecule has 0 bridgehead atoms. The van der Waals surface area contributed by atoms with Crippen LogP contribution in [0.3, 0.4) is 0 Å². The van der Waals surface area contributed by atoms with Crippen molar-refractivity contribution in [2.24, 2.45) is 0 Å². The van der Waals surface area contributed by atoms with Gasteiger partial charge in [0.05, 0.1) is 12.2 Å². The van der Waals surface area contributed by atoms with Gasteiger partial charge in [0.25, 0.3) is 0 Å². The van der Waals surface area contributed by atoms with Crippen LogP contribution < -0.4 is 5.32 Å². The van der Waals surface area contributed by atoms with Crippen molar-refractivity contribution in [3.05, 3.63) is 35.4 Å². The van der Waals surface area contributed by atoms with Crippen molar-refractivity contribution in [3.63, 3.8) is 0 Å². The molecule has 1 aliphatic rings. The van der Waals surface area contributed by atoms with Crippen molar-refractivity contribution >= 4 is 0 Å². The van der Waals surface area contributed by atoms with Crippen LogP contribution in [0.4, 0.5) is 0 Å². The van der Waals surface area contributed by atoms with Gasteiger partial charge in [-0.25, -0.2) is 0 Å². The molecule has 1 aromatic carbocycles. The van der Waals surface area contributed by atoms with Crippen LogP contribution in [0.25, 0.3) is 0 Å². The van der Waals surface area contributed by atoms with Crippen molar-refractivity contribution in [2.45, 2.75) is 64.3 Å². The molecule has 1 saturated heterocycles. The van der Waals surface area contributed by atoms with Crippen LogP contribution in [-0.4, -0.2) is 25.4 Å². The molecule has 0 saturated carbocycles. The topological polar surface area (TPSA) is 30.5 Å². The average Bonchev–Trinajstić information content (AvgIpc) is 2.54. The lowest BCUT2D eigenvalue weighted by Gasteiger charge is -2.40. The molecule has 1 heterocycles. The van der Waals surface area contributed by atoms with E-state index in [-0.39, 0.29) is 5.60 Å². The normalized spacial score (nSPS) is 21.4. The zero-order chi connectivity index (χ0) is 15.1. The fraction of sp³-hybridized carbons (Fsp3) is 0.667. The summed E-state index contributed by atoms with van der Waals surface area (Å²) < 4.78 is 11.3. The predicted molar refractivity (Wildman–Crippen MR) is 86.3 cm³/mol. The van der Waals surface area contributed by atoms with Crippen molar-refractivity contribution < 1.29 is 9.47 Å². The third-order valence-electron chi connectivity index (χ3n) is 4.78. The van der Waals surface area contributed by atoms with Crippen LogP contribution in [0.1, 0.15) is 50.7 Å². The van der Waals surface area contributed by atoms with Gasteiger partial charge in [-0.05, 0) is 36.8 Å². The van der Waals surface area contributed by atoms with Gasteiger partial charge in [-0.3, -0.25) is 0 Å². The number of rotatable bonds is 7. The maximum absolute atomic E-state index is 6.05. The largest absolute Gasteiger partial charge is 0.380 e. The monoisotopic (exact) mass is 291 g/mol. The molecule has 3 nitrogen and oxygen atoms in total. The lowest BCUT2D eigenvalue weighted by Crippen LogP contribution is -2.46. The van der Waals surface area contributed by atoms with E-state index in [1.807, 2.05) is 0 Å². The van der Waals surface area contributed by atoms with Crippen LogP contribution in [0.2, 0.25) is 0 Å². The van der Waals surface area contributed by atoms with E-state index in [0.717, 1.165) is 38.8 Å². The average molecular weight is 291 g/mol. The van der Waals surface area contributed by atoms with E-state index in [1.54, 1.807) is 7.11 Å². The van der Waals surface area contributed by atoms with Gasteiger partial charge in [0.2, 0.25) is 0 Å². The summed E-state index contributed by atoms with van der Waals surface area (Å²) in [7, 11) is 1.75. The maximum Gasteiger partial charge on any atom is 0.0716 e. The highest BCUT2D eigenvalue weighted by atomic mass is 16.5. The Morgan fingerprint density at radius 1 is 1.24 bits per heavy atom. The van der Waals surface area contributed by atoms with Crippen molar-refractivity contribution in [3.8, 4) is 0 Å². The van der Waals surface area contributed by atoms with Crippen LogP contribution >= 0.6 is 0 Å². The lowest BCUT2D eigenvalue weighted by atomic mass is 9.86. The molecule has 0 radical (unpaired) electrons. The minimum absolute atomic E-state index is 0.0853. The van der Waals surface area contributed by atoms with Crippen LogP contribution in [-0.2, 0) is 22.6 Å². The Morgan fingerprint density at radius 3 is 2.62 bits per heavy atom. The standard InChI is InChI=1S/C18H29NO2/c1-4-18(5-2)12-17(10-11-21-18)19-13-15-8-6-7-9-16(15)14-20-3/h6-9,17,19H,4-5,10-14H2,1-3H3. The first-order chi connectivity index (χ1) is 10.2. The molecule has 0 amide bonds. The summed E-state index contributed by atoms with van der Waals surface area (Å²) in [6, 6.07) is 9.06. The first kappa shape index (κ1) is 16.5. The molecule has 1 atom stereocenters. The van der Waals surface area contributed by atoms with E-state index in [1.165, 1.54) is 11.1 Å². The van der Waals surface area contributed by atoms with E-state index in [4.69, 9.17) is 9.47 Å². The van der Waals surface area contributed by atoms with Gasteiger partial charge in [-0.1, -0.05) is 38.1 Å². The predicted octanol–water partition coefficient (Wildman–Crippen LogP) is 3.66.